The Labute approximate surface area is 110 Å². The van der Waals surface area contributed by atoms with E-state index in [0.717, 1.165) is 31.8 Å². The van der Waals surface area contributed by atoms with Crippen molar-refractivity contribution in [2.45, 2.75) is 19.6 Å². The first-order valence-electron chi connectivity index (χ1n) is 5.96. The van der Waals surface area contributed by atoms with Gasteiger partial charge in [-0.15, -0.1) is 11.3 Å². The number of thiophene rings is 1. The van der Waals surface area contributed by atoms with Gasteiger partial charge in [0.1, 0.15) is 0 Å². The molecule has 0 aromatic carbocycles. The van der Waals surface area contributed by atoms with Crippen molar-refractivity contribution in [3.63, 3.8) is 0 Å². The predicted octanol–water partition coefficient (Wildman–Crippen LogP) is 2.07. The lowest BCUT2D eigenvalue weighted by Gasteiger charge is -2.30. The monoisotopic (exact) mass is 267 g/mol. The van der Waals surface area contributed by atoms with Crippen LogP contribution < -0.4 is 0 Å². The van der Waals surface area contributed by atoms with Crippen molar-refractivity contribution in [3.05, 3.63) is 28.0 Å². The molecule has 1 aromatic heterocycles. The van der Waals surface area contributed by atoms with E-state index in [1.165, 1.54) is 11.0 Å². The topological polar surface area (TPSA) is 49.8 Å². The number of hydrogen-bond acceptors (Lipinski definition) is 4. The van der Waals surface area contributed by atoms with E-state index in [4.69, 9.17) is 9.84 Å². The zero-order chi connectivity index (χ0) is 13.0. The Morgan fingerprint density at radius 1 is 1.72 bits per heavy atom. The molecule has 1 N–H and O–H groups in total. The Balaban J connectivity index is 2.00. The number of hydrogen-bond donors (Lipinski definition) is 1. The number of aliphatic carboxylic acids is 1. The first-order chi connectivity index (χ1) is 8.65. The molecule has 4 nitrogen and oxygen atoms in total. The molecule has 1 aromatic rings. The third kappa shape index (κ3) is 3.66. The molecule has 98 valence electrons. The van der Waals surface area contributed by atoms with Gasteiger partial charge in [-0.3, -0.25) is 4.90 Å². The molecule has 0 radical (unpaired) electrons. The van der Waals surface area contributed by atoms with Crippen LogP contribution in [0.3, 0.4) is 0 Å². The van der Waals surface area contributed by atoms with Gasteiger partial charge in [0.2, 0.25) is 0 Å². The fourth-order valence-corrected chi connectivity index (χ4v) is 2.93. The quantitative estimate of drug-likeness (QED) is 0.848. The summed E-state index contributed by atoms with van der Waals surface area (Å²) in [6, 6.07) is 1.96. The van der Waals surface area contributed by atoms with E-state index in [0.29, 0.717) is 0 Å². The fraction of sp³-hybridized carbons (Fsp3) is 0.462. The average Bonchev–Trinajstić information content (AvgIpc) is 2.74. The van der Waals surface area contributed by atoms with Gasteiger partial charge in [0.05, 0.1) is 12.7 Å². The van der Waals surface area contributed by atoms with Crippen LogP contribution in [0.15, 0.2) is 17.5 Å². The molecule has 1 fully saturated rings. The molecule has 0 aliphatic carbocycles. The number of morpholine rings is 1. The number of ether oxygens (including phenoxy) is 1. The van der Waals surface area contributed by atoms with Gasteiger partial charge in [-0.25, -0.2) is 4.79 Å². The third-order valence-electron chi connectivity index (χ3n) is 2.88. The predicted molar refractivity (Wildman–Crippen MR) is 71.7 cm³/mol. The zero-order valence-corrected chi connectivity index (χ0v) is 11.2. The van der Waals surface area contributed by atoms with Crippen LogP contribution in [-0.2, 0) is 16.1 Å². The molecule has 0 bridgehead atoms. The second kappa shape index (κ2) is 6.13. The first kappa shape index (κ1) is 13.3. The van der Waals surface area contributed by atoms with Gasteiger partial charge in [0.25, 0.3) is 0 Å². The lowest BCUT2D eigenvalue weighted by Crippen LogP contribution is -2.40. The van der Waals surface area contributed by atoms with Gasteiger partial charge >= 0.3 is 5.97 Å². The molecule has 0 amide bonds. The van der Waals surface area contributed by atoms with Crippen LogP contribution in [0, 0.1) is 0 Å². The standard InChI is InChI=1S/C13H17NO3S/c1-10-8-14(5-6-17-10)9-12-11(4-7-18-12)2-3-13(15)16/h2-4,7,10H,5-6,8-9H2,1H3,(H,15,16). The summed E-state index contributed by atoms with van der Waals surface area (Å²) in [6.45, 7) is 5.58. The van der Waals surface area contributed by atoms with E-state index in [2.05, 4.69) is 11.8 Å². The third-order valence-corrected chi connectivity index (χ3v) is 3.80. The summed E-state index contributed by atoms with van der Waals surface area (Å²) in [4.78, 5) is 14.1. The Morgan fingerprint density at radius 2 is 2.56 bits per heavy atom. The maximum absolute atomic E-state index is 10.5. The first-order valence-corrected chi connectivity index (χ1v) is 6.84. The summed E-state index contributed by atoms with van der Waals surface area (Å²) in [6.07, 6.45) is 3.13. The van der Waals surface area contributed by atoms with Gasteiger partial charge in [-0.2, -0.15) is 0 Å². The minimum absolute atomic E-state index is 0.275. The van der Waals surface area contributed by atoms with Gasteiger partial charge < -0.3 is 9.84 Å². The number of nitrogens with zero attached hydrogens (tertiary/aromatic N) is 1. The van der Waals surface area contributed by atoms with Gasteiger partial charge in [0, 0.05) is 30.6 Å². The van der Waals surface area contributed by atoms with Gasteiger partial charge in [0.15, 0.2) is 0 Å². The Hall–Kier alpha value is -1.17. The molecule has 2 rings (SSSR count). The van der Waals surface area contributed by atoms with Crippen LogP contribution >= 0.6 is 11.3 Å². The zero-order valence-electron chi connectivity index (χ0n) is 10.3. The highest BCUT2D eigenvalue weighted by Crippen LogP contribution is 2.21. The molecule has 1 atom stereocenters. The summed E-state index contributed by atoms with van der Waals surface area (Å²) in [5.41, 5.74) is 1.00. The van der Waals surface area contributed by atoms with Crippen LogP contribution in [-0.4, -0.2) is 41.8 Å². The maximum Gasteiger partial charge on any atom is 0.328 e. The fourth-order valence-electron chi connectivity index (χ4n) is 2.03. The lowest BCUT2D eigenvalue weighted by molar-refractivity contribution is -0.131. The molecular weight excluding hydrogens is 250 g/mol. The van der Waals surface area contributed by atoms with Crippen molar-refractivity contribution < 1.29 is 14.6 Å². The number of carboxylic acids is 1. The van der Waals surface area contributed by atoms with Crippen molar-refractivity contribution in [1.29, 1.82) is 0 Å². The van der Waals surface area contributed by atoms with Crippen molar-refractivity contribution in [2.24, 2.45) is 0 Å². The van der Waals surface area contributed by atoms with E-state index in [-0.39, 0.29) is 6.10 Å². The largest absolute Gasteiger partial charge is 0.478 e. The van der Waals surface area contributed by atoms with Gasteiger partial charge in [-0.05, 0) is 30.0 Å². The minimum Gasteiger partial charge on any atom is -0.478 e. The molecule has 1 aliphatic rings. The highest BCUT2D eigenvalue weighted by molar-refractivity contribution is 7.10. The van der Waals surface area contributed by atoms with Gasteiger partial charge in [-0.1, -0.05) is 0 Å². The second-order valence-electron chi connectivity index (χ2n) is 4.39. The summed E-state index contributed by atoms with van der Waals surface area (Å²) < 4.78 is 5.51. The van der Waals surface area contributed by atoms with E-state index < -0.39 is 5.97 Å². The lowest BCUT2D eigenvalue weighted by atomic mass is 10.2. The SMILES string of the molecule is CC1CN(Cc2sccc2C=CC(=O)O)CCO1. The van der Waals surface area contributed by atoms with E-state index in [1.54, 1.807) is 17.4 Å². The molecule has 0 saturated carbocycles. The molecule has 18 heavy (non-hydrogen) atoms. The van der Waals surface area contributed by atoms with Crippen LogP contribution in [0.5, 0.6) is 0 Å². The Kier molecular flexibility index (Phi) is 4.52. The van der Waals surface area contributed by atoms with Crippen molar-refractivity contribution in [3.8, 4) is 0 Å². The summed E-state index contributed by atoms with van der Waals surface area (Å²) in [5.74, 6) is -0.910. The summed E-state index contributed by atoms with van der Waals surface area (Å²) >= 11 is 1.67. The Bertz CT molecular complexity index is 441. The number of rotatable bonds is 4. The van der Waals surface area contributed by atoms with Crippen LogP contribution in [0.25, 0.3) is 6.08 Å². The van der Waals surface area contributed by atoms with Crippen LogP contribution in [0.2, 0.25) is 0 Å². The maximum atomic E-state index is 10.5. The number of carboxylic acid groups (broad SMARTS) is 1. The highest BCUT2D eigenvalue weighted by atomic mass is 32.1. The molecule has 1 unspecified atom stereocenters. The van der Waals surface area contributed by atoms with Crippen molar-refractivity contribution in [2.75, 3.05) is 19.7 Å². The molecule has 2 heterocycles. The molecule has 1 saturated heterocycles. The highest BCUT2D eigenvalue weighted by Gasteiger charge is 2.17. The van der Waals surface area contributed by atoms with E-state index >= 15 is 0 Å². The minimum atomic E-state index is -0.910. The van der Waals surface area contributed by atoms with Crippen molar-refractivity contribution in [1.82, 2.24) is 4.90 Å². The summed E-state index contributed by atoms with van der Waals surface area (Å²) in [7, 11) is 0. The molecule has 5 heteroatoms. The Morgan fingerprint density at radius 3 is 3.28 bits per heavy atom. The smallest absolute Gasteiger partial charge is 0.328 e. The normalized spacial score (nSPS) is 21.5. The second-order valence-corrected chi connectivity index (χ2v) is 5.39. The molecule has 1 aliphatic heterocycles. The average molecular weight is 267 g/mol. The molecule has 0 spiro atoms. The molecular formula is C13H17NO3S. The van der Waals surface area contributed by atoms with Crippen LogP contribution in [0.1, 0.15) is 17.4 Å². The van der Waals surface area contributed by atoms with E-state index in [1.807, 2.05) is 11.4 Å². The van der Waals surface area contributed by atoms with Crippen molar-refractivity contribution >= 4 is 23.4 Å². The summed E-state index contributed by atoms with van der Waals surface area (Å²) in [5, 5.41) is 10.6. The van der Waals surface area contributed by atoms with Crippen LogP contribution in [0.4, 0.5) is 0 Å². The number of carbonyl (C=O) groups is 1. The van der Waals surface area contributed by atoms with E-state index in [9.17, 15) is 4.79 Å².